The van der Waals surface area contributed by atoms with Crippen LogP contribution in [-0.4, -0.2) is 12.4 Å². The van der Waals surface area contributed by atoms with Gasteiger partial charge in [0.05, 0.1) is 12.0 Å². The van der Waals surface area contributed by atoms with Crippen LogP contribution in [0.5, 0.6) is 5.75 Å². The van der Waals surface area contributed by atoms with E-state index in [1.165, 1.54) is 5.56 Å². The van der Waals surface area contributed by atoms with Crippen molar-refractivity contribution < 1.29 is 13.9 Å². The van der Waals surface area contributed by atoms with Gasteiger partial charge in [-0.25, -0.2) is 0 Å². The molecule has 1 aliphatic heterocycles. The standard InChI is InChI=1S/C19H15BrO3/c1-11-16-15(9-6-13-3-2-10-22-19(13)16)23-18(11)17(21)12-4-7-14(20)8-5-12/h4-9H,2-3,10H2,1H3. The fourth-order valence-electron chi connectivity index (χ4n) is 3.10. The summed E-state index contributed by atoms with van der Waals surface area (Å²) in [6, 6.07) is 11.3. The minimum atomic E-state index is -0.101. The largest absolute Gasteiger partial charge is 0.493 e. The van der Waals surface area contributed by atoms with E-state index in [1.54, 1.807) is 12.1 Å². The second-order valence-electron chi connectivity index (χ2n) is 5.77. The molecular formula is C19H15BrO3. The predicted octanol–water partition coefficient (Wildman–Crippen LogP) is 5.06. The summed E-state index contributed by atoms with van der Waals surface area (Å²) in [4.78, 5) is 12.8. The lowest BCUT2D eigenvalue weighted by Gasteiger charge is -2.17. The lowest BCUT2D eigenvalue weighted by molar-refractivity contribution is 0.101. The number of benzene rings is 2. The van der Waals surface area contributed by atoms with E-state index < -0.39 is 0 Å². The Bertz CT molecular complexity index is 907. The van der Waals surface area contributed by atoms with Crippen LogP contribution >= 0.6 is 15.9 Å². The SMILES string of the molecule is Cc1c(C(=O)c2ccc(Br)cc2)oc2ccc3c(c12)OCCC3. The van der Waals surface area contributed by atoms with Gasteiger partial charge in [0.15, 0.2) is 5.76 Å². The summed E-state index contributed by atoms with van der Waals surface area (Å²) in [5.74, 6) is 1.17. The Balaban J connectivity index is 1.86. The predicted molar refractivity (Wildman–Crippen MR) is 92.3 cm³/mol. The number of ether oxygens (including phenoxy) is 1. The number of rotatable bonds is 2. The average Bonchev–Trinajstić information content (AvgIpc) is 2.92. The molecule has 23 heavy (non-hydrogen) atoms. The van der Waals surface area contributed by atoms with Crippen LogP contribution in [0.3, 0.4) is 0 Å². The Hall–Kier alpha value is -2.07. The van der Waals surface area contributed by atoms with Crippen LogP contribution in [-0.2, 0) is 6.42 Å². The van der Waals surface area contributed by atoms with Crippen LogP contribution in [0, 0.1) is 6.92 Å². The number of halogens is 1. The molecule has 116 valence electrons. The third-order valence-corrected chi connectivity index (χ3v) is 4.81. The average molecular weight is 371 g/mol. The molecular weight excluding hydrogens is 356 g/mol. The number of carbonyl (C=O) groups excluding carboxylic acids is 1. The van der Waals surface area contributed by atoms with Crippen LogP contribution in [0.15, 0.2) is 45.3 Å². The Morgan fingerprint density at radius 2 is 1.91 bits per heavy atom. The Kier molecular flexibility index (Phi) is 3.49. The van der Waals surface area contributed by atoms with E-state index in [1.807, 2.05) is 31.2 Å². The van der Waals surface area contributed by atoms with Crippen LogP contribution in [0.4, 0.5) is 0 Å². The smallest absolute Gasteiger partial charge is 0.228 e. The molecule has 4 rings (SSSR count). The molecule has 0 spiro atoms. The molecule has 3 aromatic rings. The first kappa shape index (κ1) is 14.5. The Morgan fingerprint density at radius 3 is 2.70 bits per heavy atom. The fourth-order valence-corrected chi connectivity index (χ4v) is 3.36. The zero-order chi connectivity index (χ0) is 16.0. The van der Waals surface area contributed by atoms with E-state index in [4.69, 9.17) is 9.15 Å². The van der Waals surface area contributed by atoms with Crippen molar-refractivity contribution in [1.82, 2.24) is 0 Å². The summed E-state index contributed by atoms with van der Waals surface area (Å²) < 4.78 is 12.7. The Labute approximate surface area is 142 Å². The summed E-state index contributed by atoms with van der Waals surface area (Å²) in [5.41, 5.74) is 3.37. The summed E-state index contributed by atoms with van der Waals surface area (Å²) in [7, 11) is 0. The highest BCUT2D eigenvalue weighted by Gasteiger charge is 2.24. The molecule has 1 aromatic heterocycles. The van der Waals surface area contributed by atoms with E-state index in [0.717, 1.165) is 34.0 Å². The van der Waals surface area contributed by atoms with Crippen molar-refractivity contribution in [3.05, 3.63) is 63.3 Å². The fraction of sp³-hybridized carbons (Fsp3) is 0.211. The molecule has 0 saturated heterocycles. The highest BCUT2D eigenvalue weighted by atomic mass is 79.9. The van der Waals surface area contributed by atoms with E-state index in [9.17, 15) is 4.79 Å². The molecule has 2 heterocycles. The normalized spacial score (nSPS) is 13.7. The quantitative estimate of drug-likeness (QED) is 0.591. The van der Waals surface area contributed by atoms with Crippen molar-refractivity contribution in [2.45, 2.75) is 19.8 Å². The van der Waals surface area contributed by atoms with Crippen molar-refractivity contribution >= 4 is 32.7 Å². The van der Waals surface area contributed by atoms with Gasteiger partial charge in [-0.05, 0) is 55.7 Å². The summed E-state index contributed by atoms with van der Waals surface area (Å²) in [5, 5.41) is 0.933. The first-order valence-electron chi connectivity index (χ1n) is 7.63. The number of aryl methyl sites for hydroxylation is 2. The van der Waals surface area contributed by atoms with Crippen molar-refractivity contribution in [1.29, 1.82) is 0 Å². The van der Waals surface area contributed by atoms with E-state index in [2.05, 4.69) is 15.9 Å². The molecule has 0 unspecified atom stereocenters. The molecule has 0 aliphatic carbocycles. The highest BCUT2D eigenvalue weighted by molar-refractivity contribution is 9.10. The third-order valence-electron chi connectivity index (χ3n) is 4.28. The van der Waals surface area contributed by atoms with Gasteiger partial charge < -0.3 is 9.15 Å². The zero-order valence-corrected chi connectivity index (χ0v) is 14.3. The van der Waals surface area contributed by atoms with Crippen molar-refractivity contribution in [2.24, 2.45) is 0 Å². The van der Waals surface area contributed by atoms with Gasteiger partial charge in [-0.2, -0.15) is 0 Å². The second kappa shape index (κ2) is 5.53. The number of furan rings is 1. The van der Waals surface area contributed by atoms with Gasteiger partial charge in [-0.15, -0.1) is 0 Å². The molecule has 0 amide bonds. The van der Waals surface area contributed by atoms with Crippen molar-refractivity contribution in [2.75, 3.05) is 6.61 Å². The van der Waals surface area contributed by atoms with Gasteiger partial charge >= 0.3 is 0 Å². The monoisotopic (exact) mass is 370 g/mol. The van der Waals surface area contributed by atoms with Crippen LogP contribution in [0.2, 0.25) is 0 Å². The number of carbonyl (C=O) groups is 1. The first-order valence-corrected chi connectivity index (χ1v) is 8.42. The molecule has 3 nitrogen and oxygen atoms in total. The minimum absolute atomic E-state index is 0.101. The minimum Gasteiger partial charge on any atom is -0.493 e. The number of hydrogen-bond donors (Lipinski definition) is 0. The third kappa shape index (κ3) is 2.38. The van der Waals surface area contributed by atoms with Gasteiger partial charge in [0.1, 0.15) is 11.3 Å². The van der Waals surface area contributed by atoms with E-state index in [-0.39, 0.29) is 5.78 Å². The molecule has 4 heteroatoms. The summed E-state index contributed by atoms with van der Waals surface area (Å²) in [6.45, 7) is 2.64. The van der Waals surface area contributed by atoms with E-state index >= 15 is 0 Å². The van der Waals surface area contributed by atoms with Crippen LogP contribution in [0.1, 0.15) is 33.7 Å². The lowest BCUT2D eigenvalue weighted by Crippen LogP contribution is -2.08. The maximum absolute atomic E-state index is 12.8. The summed E-state index contributed by atoms with van der Waals surface area (Å²) >= 11 is 3.38. The Morgan fingerprint density at radius 1 is 1.13 bits per heavy atom. The van der Waals surface area contributed by atoms with Gasteiger partial charge in [-0.1, -0.05) is 22.0 Å². The van der Waals surface area contributed by atoms with Crippen LogP contribution < -0.4 is 4.74 Å². The topological polar surface area (TPSA) is 39.4 Å². The first-order chi connectivity index (χ1) is 11.1. The molecule has 0 N–H and O–H groups in total. The summed E-state index contributed by atoms with van der Waals surface area (Å²) in [6.07, 6.45) is 2.03. The number of hydrogen-bond acceptors (Lipinski definition) is 3. The van der Waals surface area contributed by atoms with Crippen molar-refractivity contribution in [3.8, 4) is 5.75 Å². The van der Waals surface area contributed by atoms with Crippen LogP contribution in [0.25, 0.3) is 11.0 Å². The number of ketones is 1. The maximum Gasteiger partial charge on any atom is 0.228 e. The zero-order valence-electron chi connectivity index (χ0n) is 12.7. The van der Waals surface area contributed by atoms with Crippen molar-refractivity contribution in [3.63, 3.8) is 0 Å². The second-order valence-corrected chi connectivity index (χ2v) is 6.69. The molecule has 0 fully saturated rings. The van der Waals surface area contributed by atoms with Gasteiger partial charge in [0, 0.05) is 15.6 Å². The molecule has 0 radical (unpaired) electrons. The molecule has 2 aromatic carbocycles. The maximum atomic E-state index is 12.8. The van der Waals surface area contributed by atoms with Gasteiger partial charge in [0.25, 0.3) is 0 Å². The van der Waals surface area contributed by atoms with Gasteiger partial charge in [-0.3, -0.25) is 4.79 Å². The molecule has 0 atom stereocenters. The lowest BCUT2D eigenvalue weighted by atomic mass is 10.00. The van der Waals surface area contributed by atoms with E-state index in [0.29, 0.717) is 23.5 Å². The van der Waals surface area contributed by atoms with Gasteiger partial charge in [0.2, 0.25) is 5.78 Å². The highest BCUT2D eigenvalue weighted by Crippen LogP contribution is 2.38. The molecule has 0 saturated carbocycles. The number of fused-ring (bicyclic) bond motifs is 3. The molecule has 1 aliphatic rings. The molecule has 0 bridgehead atoms.